The molecule has 1 aliphatic rings. The van der Waals surface area contributed by atoms with E-state index in [9.17, 15) is 13.2 Å². The van der Waals surface area contributed by atoms with E-state index in [2.05, 4.69) is 10.2 Å². The molecule has 2 rings (SSSR count). The Hall–Kier alpha value is -1.34. The van der Waals surface area contributed by atoms with Gasteiger partial charge in [-0.25, -0.2) is 0 Å². The molecule has 1 aliphatic heterocycles. The third-order valence-electron chi connectivity index (χ3n) is 2.44. The van der Waals surface area contributed by atoms with E-state index in [-0.39, 0.29) is 11.4 Å². The third-order valence-corrected chi connectivity index (χ3v) is 3.43. The van der Waals surface area contributed by atoms with Gasteiger partial charge in [-0.2, -0.15) is 0 Å². The summed E-state index contributed by atoms with van der Waals surface area (Å²) in [6, 6.07) is 5.83. The van der Waals surface area contributed by atoms with Gasteiger partial charge in [0.2, 0.25) is 0 Å². The lowest BCUT2D eigenvalue weighted by Crippen LogP contribution is -2.20. The van der Waals surface area contributed by atoms with E-state index >= 15 is 0 Å². The minimum Gasteiger partial charge on any atom is -0.406 e. The average Bonchev–Trinajstić information content (AvgIpc) is 2.66. The second-order valence-corrected chi connectivity index (χ2v) is 5.81. The number of ether oxygens (including phenoxy) is 1. The van der Waals surface area contributed by atoms with Crippen molar-refractivity contribution in [1.82, 2.24) is 5.48 Å². The van der Waals surface area contributed by atoms with Gasteiger partial charge in [-0.05, 0) is 37.6 Å². The smallest absolute Gasteiger partial charge is 0.406 e. The van der Waals surface area contributed by atoms with Crippen molar-refractivity contribution >= 4 is 11.8 Å². The van der Waals surface area contributed by atoms with Crippen LogP contribution in [0.1, 0.15) is 19.4 Å². The van der Waals surface area contributed by atoms with Crippen LogP contribution >= 0.6 is 11.8 Å². The Morgan fingerprint density at radius 1 is 1.25 bits per heavy atom. The summed E-state index contributed by atoms with van der Waals surface area (Å²) < 4.78 is 39.8. The molecule has 1 heterocycles. The topological polar surface area (TPSA) is 30.5 Å². The fraction of sp³-hybridized carbons (Fsp3) is 0.385. The van der Waals surface area contributed by atoms with Crippen LogP contribution in [0.15, 0.2) is 35.4 Å². The molecule has 0 unspecified atom stereocenters. The average molecular weight is 305 g/mol. The van der Waals surface area contributed by atoms with Crippen molar-refractivity contribution in [2.75, 3.05) is 0 Å². The Bertz CT molecular complexity index is 497. The first-order valence-electron chi connectivity index (χ1n) is 5.88. The van der Waals surface area contributed by atoms with Crippen molar-refractivity contribution < 1.29 is 22.7 Å². The van der Waals surface area contributed by atoms with Crippen LogP contribution in [-0.4, -0.2) is 12.0 Å². The first-order valence-corrected chi connectivity index (χ1v) is 6.86. The number of hydrogen-bond donors (Lipinski definition) is 1. The van der Waals surface area contributed by atoms with Gasteiger partial charge in [0.15, 0.2) is 0 Å². The minimum absolute atomic E-state index is 0.214. The SMILES string of the molecule is CC1(C)C=C(SCc2ccc(OC(F)(F)F)cc2)NO1. The van der Waals surface area contributed by atoms with Gasteiger partial charge < -0.3 is 4.74 Å². The normalized spacial score (nSPS) is 17.6. The molecular weight excluding hydrogens is 291 g/mol. The number of benzene rings is 1. The van der Waals surface area contributed by atoms with Crippen molar-refractivity contribution in [2.24, 2.45) is 0 Å². The summed E-state index contributed by atoms with van der Waals surface area (Å²) in [6.07, 6.45) is -2.70. The van der Waals surface area contributed by atoms with Crippen LogP contribution < -0.4 is 10.2 Å². The zero-order valence-electron chi connectivity index (χ0n) is 11.0. The highest BCUT2D eigenvalue weighted by molar-refractivity contribution is 8.02. The van der Waals surface area contributed by atoms with Gasteiger partial charge in [-0.1, -0.05) is 12.1 Å². The van der Waals surface area contributed by atoms with Gasteiger partial charge in [0.05, 0.1) is 5.03 Å². The quantitative estimate of drug-likeness (QED) is 0.911. The molecule has 0 spiro atoms. The monoisotopic (exact) mass is 305 g/mol. The highest BCUT2D eigenvalue weighted by Gasteiger charge is 2.31. The summed E-state index contributed by atoms with van der Waals surface area (Å²) in [5.74, 6) is 0.416. The van der Waals surface area contributed by atoms with E-state index in [4.69, 9.17) is 4.84 Å². The number of nitrogens with one attached hydrogen (secondary N) is 1. The fourth-order valence-electron chi connectivity index (χ4n) is 1.58. The van der Waals surface area contributed by atoms with Gasteiger partial charge in [0.1, 0.15) is 11.4 Å². The van der Waals surface area contributed by atoms with Gasteiger partial charge in [0, 0.05) is 5.75 Å². The molecule has 1 aromatic rings. The summed E-state index contributed by atoms with van der Waals surface area (Å²) in [5.41, 5.74) is 3.37. The molecule has 0 atom stereocenters. The molecule has 1 N–H and O–H groups in total. The lowest BCUT2D eigenvalue weighted by atomic mass is 10.1. The number of rotatable bonds is 4. The zero-order chi connectivity index (χ0) is 14.8. The number of hydrogen-bond acceptors (Lipinski definition) is 4. The van der Waals surface area contributed by atoms with E-state index in [1.54, 1.807) is 12.1 Å². The van der Waals surface area contributed by atoms with E-state index in [1.165, 1.54) is 23.9 Å². The molecule has 3 nitrogen and oxygen atoms in total. The standard InChI is InChI=1S/C13H14F3NO2S/c1-12(2)7-11(17-19-12)20-8-9-3-5-10(6-4-9)18-13(14,15)16/h3-7,17H,8H2,1-2H3. The lowest BCUT2D eigenvalue weighted by Gasteiger charge is -2.11. The van der Waals surface area contributed by atoms with Crippen molar-refractivity contribution in [3.63, 3.8) is 0 Å². The summed E-state index contributed by atoms with van der Waals surface area (Å²) >= 11 is 1.52. The third kappa shape index (κ3) is 4.64. The predicted molar refractivity (Wildman–Crippen MR) is 70.8 cm³/mol. The van der Waals surface area contributed by atoms with E-state index in [0.717, 1.165) is 10.6 Å². The van der Waals surface area contributed by atoms with Crippen LogP contribution in [0.3, 0.4) is 0 Å². The molecule has 0 amide bonds. The first kappa shape index (κ1) is 15.1. The minimum atomic E-state index is -4.65. The lowest BCUT2D eigenvalue weighted by molar-refractivity contribution is -0.274. The van der Waals surface area contributed by atoms with Crippen LogP contribution in [-0.2, 0) is 10.6 Å². The van der Waals surface area contributed by atoms with Crippen LogP contribution in [0.5, 0.6) is 5.75 Å². The Morgan fingerprint density at radius 2 is 1.90 bits per heavy atom. The summed E-state index contributed by atoms with van der Waals surface area (Å²) in [4.78, 5) is 5.31. The molecule has 0 radical (unpaired) electrons. The second-order valence-electron chi connectivity index (χ2n) is 4.80. The Labute approximate surface area is 119 Å². The molecule has 0 aliphatic carbocycles. The maximum Gasteiger partial charge on any atom is 0.573 e. The van der Waals surface area contributed by atoms with E-state index in [1.807, 2.05) is 19.9 Å². The summed E-state index contributed by atoms with van der Waals surface area (Å²) in [5, 5.41) is 0.894. The van der Waals surface area contributed by atoms with Gasteiger partial charge >= 0.3 is 6.36 Å². The first-order chi connectivity index (χ1) is 9.23. The number of thioether (sulfide) groups is 1. The van der Waals surface area contributed by atoms with Crippen LogP contribution in [0.2, 0.25) is 0 Å². The molecule has 110 valence electrons. The Balaban J connectivity index is 1.89. The molecule has 0 saturated heterocycles. The Morgan fingerprint density at radius 3 is 2.40 bits per heavy atom. The van der Waals surface area contributed by atoms with Crippen molar-refractivity contribution in [1.29, 1.82) is 0 Å². The maximum atomic E-state index is 12.0. The molecule has 0 saturated carbocycles. The number of hydroxylamine groups is 1. The highest BCUT2D eigenvalue weighted by atomic mass is 32.2. The van der Waals surface area contributed by atoms with Crippen molar-refractivity contribution in [3.8, 4) is 5.75 Å². The predicted octanol–water partition coefficient (Wildman–Crippen LogP) is 3.97. The maximum absolute atomic E-state index is 12.0. The largest absolute Gasteiger partial charge is 0.573 e. The molecule has 1 aromatic carbocycles. The zero-order valence-corrected chi connectivity index (χ0v) is 11.8. The van der Waals surface area contributed by atoms with Gasteiger partial charge in [-0.3, -0.25) is 10.3 Å². The van der Waals surface area contributed by atoms with Crippen molar-refractivity contribution in [3.05, 3.63) is 40.9 Å². The Kier molecular flexibility index (Phi) is 4.19. The highest BCUT2D eigenvalue weighted by Crippen LogP contribution is 2.29. The molecule has 0 bridgehead atoms. The summed E-state index contributed by atoms with van der Waals surface area (Å²) in [6.45, 7) is 3.85. The molecule has 0 aromatic heterocycles. The molecule has 0 fully saturated rings. The molecule has 20 heavy (non-hydrogen) atoms. The fourth-order valence-corrected chi connectivity index (χ4v) is 2.56. The van der Waals surface area contributed by atoms with Crippen LogP contribution in [0, 0.1) is 0 Å². The summed E-state index contributed by atoms with van der Waals surface area (Å²) in [7, 11) is 0. The van der Waals surface area contributed by atoms with Crippen LogP contribution in [0.4, 0.5) is 13.2 Å². The van der Waals surface area contributed by atoms with Crippen molar-refractivity contribution in [2.45, 2.75) is 31.6 Å². The van der Waals surface area contributed by atoms with Gasteiger partial charge in [-0.15, -0.1) is 24.9 Å². The second kappa shape index (κ2) is 5.57. The number of halogens is 3. The molecule has 7 heteroatoms. The van der Waals surface area contributed by atoms with E-state index < -0.39 is 6.36 Å². The van der Waals surface area contributed by atoms with E-state index in [0.29, 0.717) is 5.75 Å². The number of alkyl halides is 3. The van der Waals surface area contributed by atoms with Crippen LogP contribution in [0.25, 0.3) is 0 Å². The van der Waals surface area contributed by atoms with Gasteiger partial charge in [0.25, 0.3) is 0 Å². The molecular formula is C13H14F3NO2S.